The van der Waals surface area contributed by atoms with Gasteiger partial charge in [0.05, 0.1) is 5.69 Å². The van der Waals surface area contributed by atoms with Crippen molar-refractivity contribution in [2.45, 2.75) is 20.3 Å². The number of carbonyl (C=O) groups excluding carboxylic acids is 1. The number of benzene rings is 1. The molecule has 0 aliphatic rings. The highest BCUT2D eigenvalue weighted by molar-refractivity contribution is 5.78. The normalized spacial score (nSPS) is 12.1. The molecule has 0 fully saturated rings. The summed E-state index contributed by atoms with van der Waals surface area (Å²) in [5.74, 6) is 0.414. The number of aromatic nitrogens is 1. The van der Waals surface area contributed by atoms with Crippen molar-refractivity contribution in [3.8, 4) is 11.5 Å². The van der Waals surface area contributed by atoms with Gasteiger partial charge >= 0.3 is 0 Å². The molecule has 0 saturated heterocycles. The summed E-state index contributed by atoms with van der Waals surface area (Å²) in [5.41, 5.74) is 8.42. The summed E-state index contributed by atoms with van der Waals surface area (Å²) < 4.78 is 5.47. The van der Waals surface area contributed by atoms with Crippen LogP contribution in [0, 0.1) is 12.8 Å². The van der Waals surface area contributed by atoms with Crippen molar-refractivity contribution in [1.82, 2.24) is 10.3 Å². The number of aryl methyl sites for hydroxylation is 1. The molecule has 112 valence electrons. The highest BCUT2D eigenvalue weighted by atomic mass is 16.3. The quantitative estimate of drug-likeness (QED) is 0.850. The van der Waals surface area contributed by atoms with Crippen LogP contribution in [-0.2, 0) is 11.2 Å². The number of nitrogens with one attached hydrogen (secondary N) is 1. The smallest absolute Gasteiger partial charge is 0.226 e. The second-order valence-corrected chi connectivity index (χ2v) is 5.19. The van der Waals surface area contributed by atoms with Gasteiger partial charge in [-0.15, -0.1) is 0 Å². The maximum atomic E-state index is 11.6. The van der Waals surface area contributed by atoms with Gasteiger partial charge in [-0.25, -0.2) is 4.98 Å². The van der Waals surface area contributed by atoms with Gasteiger partial charge in [-0.1, -0.05) is 24.6 Å². The number of hydrogen-bond acceptors (Lipinski definition) is 4. The van der Waals surface area contributed by atoms with E-state index in [4.69, 9.17) is 10.2 Å². The van der Waals surface area contributed by atoms with Crippen molar-refractivity contribution in [3.63, 3.8) is 0 Å². The van der Waals surface area contributed by atoms with E-state index in [-0.39, 0.29) is 11.8 Å². The maximum Gasteiger partial charge on any atom is 0.226 e. The average Bonchev–Trinajstić information content (AvgIpc) is 2.95. The fourth-order valence-corrected chi connectivity index (χ4v) is 1.85. The first kappa shape index (κ1) is 15.3. The highest BCUT2D eigenvalue weighted by Crippen LogP contribution is 2.19. The van der Waals surface area contributed by atoms with Crippen molar-refractivity contribution in [2.75, 3.05) is 13.1 Å². The van der Waals surface area contributed by atoms with Gasteiger partial charge in [0.15, 0.2) is 0 Å². The molecule has 0 spiro atoms. The summed E-state index contributed by atoms with van der Waals surface area (Å²) in [4.78, 5) is 16.0. The minimum Gasteiger partial charge on any atom is -0.444 e. The lowest BCUT2D eigenvalue weighted by molar-refractivity contribution is -0.124. The van der Waals surface area contributed by atoms with Crippen LogP contribution in [0.15, 0.2) is 34.9 Å². The highest BCUT2D eigenvalue weighted by Gasteiger charge is 2.11. The molecule has 1 aromatic heterocycles. The van der Waals surface area contributed by atoms with Crippen LogP contribution in [0.4, 0.5) is 0 Å². The molecule has 5 heteroatoms. The van der Waals surface area contributed by atoms with Crippen LogP contribution in [0.3, 0.4) is 0 Å². The van der Waals surface area contributed by atoms with Crippen molar-refractivity contribution < 1.29 is 9.21 Å². The maximum absolute atomic E-state index is 11.6. The predicted molar refractivity (Wildman–Crippen MR) is 81.6 cm³/mol. The molecule has 2 rings (SSSR count). The van der Waals surface area contributed by atoms with Crippen LogP contribution >= 0.6 is 0 Å². The van der Waals surface area contributed by atoms with Crippen LogP contribution in [0.5, 0.6) is 0 Å². The number of rotatable bonds is 6. The molecule has 2 aromatic rings. The summed E-state index contributed by atoms with van der Waals surface area (Å²) in [6.07, 6.45) is 2.27. The van der Waals surface area contributed by atoms with E-state index in [1.165, 1.54) is 5.56 Å². The van der Waals surface area contributed by atoms with Crippen LogP contribution < -0.4 is 11.1 Å². The van der Waals surface area contributed by atoms with Crippen molar-refractivity contribution >= 4 is 5.91 Å². The Bertz CT molecular complexity index is 590. The Morgan fingerprint density at radius 2 is 2.10 bits per heavy atom. The SMILES string of the molecule is Cc1ccc(-c2nc(CCNC(=O)C(C)CN)co2)cc1. The van der Waals surface area contributed by atoms with Crippen molar-refractivity contribution in [3.05, 3.63) is 41.8 Å². The topological polar surface area (TPSA) is 81.2 Å². The second-order valence-electron chi connectivity index (χ2n) is 5.19. The molecule has 3 N–H and O–H groups in total. The fraction of sp³-hybridized carbons (Fsp3) is 0.375. The van der Waals surface area contributed by atoms with Gasteiger partial charge in [0, 0.05) is 31.0 Å². The minimum atomic E-state index is -0.162. The molecule has 0 aliphatic heterocycles. The van der Waals surface area contributed by atoms with E-state index in [2.05, 4.69) is 10.3 Å². The standard InChI is InChI=1S/C16H21N3O2/c1-11-3-5-13(6-4-11)16-19-14(10-21-16)7-8-18-15(20)12(2)9-17/h3-6,10,12H,7-9,17H2,1-2H3,(H,18,20). The van der Waals surface area contributed by atoms with E-state index < -0.39 is 0 Å². The number of oxazole rings is 1. The number of nitrogens with zero attached hydrogens (tertiary/aromatic N) is 1. The third-order valence-corrected chi connectivity index (χ3v) is 3.33. The Morgan fingerprint density at radius 1 is 1.38 bits per heavy atom. The Labute approximate surface area is 124 Å². The monoisotopic (exact) mass is 287 g/mol. The predicted octanol–water partition coefficient (Wildman–Crippen LogP) is 1.90. The molecule has 1 atom stereocenters. The first-order valence-electron chi connectivity index (χ1n) is 7.09. The van der Waals surface area contributed by atoms with Gasteiger partial charge in [0.1, 0.15) is 6.26 Å². The van der Waals surface area contributed by atoms with Gasteiger partial charge in [-0.2, -0.15) is 0 Å². The fourth-order valence-electron chi connectivity index (χ4n) is 1.85. The number of hydrogen-bond donors (Lipinski definition) is 2. The second kappa shape index (κ2) is 7.04. The van der Waals surface area contributed by atoms with Crippen molar-refractivity contribution in [1.29, 1.82) is 0 Å². The van der Waals surface area contributed by atoms with Crippen LogP contribution in [-0.4, -0.2) is 24.0 Å². The van der Waals surface area contributed by atoms with E-state index >= 15 is 0 Å². The lowest BCUT2D eigenvalue weighted by atomic mass is 10.1. The summed E-state index contributed by atoms with van der Waals surface area (Å²) in [6, 6.07) is 8.01. The van der Waals surface area contributed by atoms with E-state index in [9.17, 15) is 4.79 Å². The molecule has 21 heavy (non-hydrogen) atoms. The molecule has 1 heterocycles. The molecule has 5 nitrogen and oxygen atoms in total. The van der Waals surface area contributed by atoms with Gasteiger partial charge in [-0.05, 0) is 19.1 Å². The number of carbonyl (C=O) groups is 1. The zero-order chi connectivity index (χ0) is 15.2. The van der Waals surface area contributed by atoms with Gasteiger partial charge in [0.2, 0.25) is 11.8 Å². The third-order valence-electron chi connectivity index (χ3n) is 3.33. The first-order valence-corrected chi connectivity index (χ1v) is 7.09. The third kappa shape index (κ3) is 4.16. The Hall–Kier alpha value is -2.14. The van der Waals surface area contributed by atoms with Crippen LogP contribution in [0.1, 0.15) is 18.2 Å². The number of amides is 1. The van der Waals surface area contributed by atoms with E-state index in [0.717, 1.165) is 11.3 Å². The lowest BCUT2D eigenvalue weighted by Gasteiger charge is -2.08. The molecule has 1 unspecified atom stereocenters. The van der Waals surface area contributed by atoms with Gasteiger partial charge < -0.3 is 15.5 Å². The molecule has 0 saturated carbocycles. The molecular weight excluding hydrogens is 266 g/mol. The number of nitrogens with two attached hydrogens (primary N) is 1. The molecule has 0 radical (unpaired) electrons. The van der Waals surface area contributed by atoms with E-state index in [1.54, 1.807) is 13.2 Å². The van der Waals surface area contributed by atoms with Gasteiger partial charge in [0.25, 0.3) is 0 Å². The zero-order valence-corrected chi connectivity index (χ0v) is 12.4. The van der Waals surface area contributed by atoms with E-state index in [1.807, 2.05) is 31.2 Å². The summed E-state index contributed by atoms with van der Waals surface area (Å²) >= 11 is 0. The van der Waals surface area contributed by atoms with Crippen molar-refractivity contribution in [2.24, 2.45) is 11.7 Å². The largest absolute Gasteiger partial charge is 0.444 e. The average molecular weight is 287 g/mol. The summed E-state index contributed by atoms with van der Waals surface area (Å²) in [5, 5.41) is 2.84. The zero-order valence-electron chi connectivity index (χ0n) is 12.4. The Morgan fingerprint density at radius 3 is 2.76 bits per heavy atom. The summed E-state index contributed by atoms with van der Waals surface area (Å²) in [7, 11) is 0. The van der Waals surface area contributed by atoms with Crippen LogP contribution in [0.2, 0.25) is 0 Å². The molecular formula is C16H21N3O2. The summed E-state index contributed by atoms with van der Waals surface area (Å²) in [6.45, 7) is 4.73. The minimum absolute atomic E-state index is 0.0280. The molecule has 1 aromatic carbocycles. The van der Waals surface area contributed by atoms with Crippen LogP contribution in [0.25, 0.3) is 11.5 Å². The Kier molecular flexibility index (Phi) is 5.11. The lowest BCUT2D eigenvalue weighted by Crippen LogP contribution is -2.34. The van der Waals surface area contributed by atoms with Gasteiger partial charge in [-0.3, -0.25) is 4.79 Å². The molecule has 1 amide bonds. The first-order chi connectivity index (χ1) is 10.1. The van der Waals surface area contributed by atoms with E-state index in [0.29, 0.717) is 25.4 Å². The molecule has 0 bridgehead atoms. The molecule has 0 aliphatic carbocycles. The Balaban J connectivity index is 1.89.